The zero-order valence-corrected chi connectivity index (χ0v) is 9.45. The standard InChI is InChI=1S/C12H24O2/c1-9(13)11-5-3-7-12(10(2)14)8-4-6-11/h9-14H,3-8H2,1-2H3. The molecule has 0 saturated heterocycles. The summed E-state index contributed by atoms with van der Waals surface area (Å²) in [5.74, 6) is 0.981. The lowest BCUT2D eigenvalue weighted by atomic mass is 9.82. The maximum absolute atomic E-state index is 9.52. The highest BCUT2D eigenvalue weighted by Crippen LogP contribution is 2.29. The molecule has 84 valence electrons. The van der Waals surface area contributed by atoms with E-state index in [1.807, 2.05) is 13.8 Å². The van der Waals surface area contributed by atoms with Crippen molar-refractivity contribution < 1.29 is 10.2 Å². The van der Waals surface area contributed by atoms with E-state index in [4.69, 9.17) is 0 Å². The molecule has 1 rings (SSSR count). The highest BCUT2D eigenvalue weighted by Gasteiger charge is 2.21. The summed E-state index contributed by atoms with van der Waals surface area (Å²) in [5.41, 5.74) is 0. The summed E-state index contributed by atoms with van der Waals surface area (Å²) in [4.78, 5) is 0. The van der Waals surface area contributed by atoms with E-state index in [0.717, 1.165) is 38.5 Å². The predicted octanol–water partition coefficient (Wildman–Crippen LogP) is 2.33. The molecule has 2 N–H and O–H groups in total. The second kappa shape index (κ2) is 5.72. The van der Waals surface area contributed by atoms with Gasteiger partial charge in [-0.1, -0.05) is 12.8 Å². The normalized spacial score (nSPS) is 34.3. The molecule has 2 atom stereocenters. The van der Waals surface area contributed by atoms with Crippen LogP contribution in [-0.2, 0) is 0 Å². The summed E-state index contributed by atoms with van der Waals surface area (Å²) in [5, 5.41) is 19.0. The molecule has 0 amide bonds. The summed E-state index contributed by atoms with van der Waals surface area (Å²) in [6.45, 7) is 3.80. The molecule has 2 heteroatoms. The van der Waals surface area contributed by atoms with E-state index in [2.05, 4.69) is 0 Å². The van der Waals surface area contributed by atoms with Crippen LogP contribution in [0.1, 0.15) is 52.4 Å². The van der Waals surface area contributed by atoms with Crippen molar-refractivity contribution in [3.8, 4) is 0 Å². The van der Waals surface area contributed by atoms with Gasteiger partial charge in [-0.25, -0.2) is 0 Å². The first-order chi connectivity index (χ1) is 6.61. The summed E-state index contributed by atoms with van der Waals surface area (Å²) < 4.78 is 0. The Balaban J connectivity index is 2.35. The SMILES string of the molecule is CC(O)C1CCCC(C(C)O)CCC1. The van der Waals surface area contributed by atoms with Crippen LogP contribution in [0.4, 0.5) is 0 Å². The molecule has 14 heavy (non-hydrogen) atoms. The van der Waals surface area contributed by atoms with Crippen molar-refractivity contribution in [3.63, 3.8) is 0 Å². The fraction of sp³-hybridized carbons (Fsp3) is 1.00. The number of aliphatic hydroxyl groups is 2. The van der Waals surface area contributed by atoms with Gasteiger partial charge in [0.2, 0.25) is 0 Å². The molecule has 0 bridgehead atoms. The minimum Gasteiger partial charge on any atom is -0.393 e. The van der Waals surface area contributed by atoms with E-state index in [0.29, 0.717) is 11.8 Å². The van der Waals surface area contributed by atoms with Gasteiger partial charge in [0.15, 0.2) is 0 Å². The van der Waals surface area contributed by atoms with Crippen LogP contribution in [0.3, 0.4) is 0 Å². The Morgan fingerprint density at radius 3 is 1.29 bits per heavy atom. The highest BCUT2D eigenvalue weighted by molar-refractivity contribution is 4.73. The van der Waals surface area contributed by atoms with Gasteiger partial charge in [0, 0.05) is 0 Å². The van der Waals surface area contributed by atoms with Crippen LogP contribution < -0.4 is 0 Å². The van der Waals surface area contributed by atoms with Crippen LogP contribution in [0.2, 0.25) is 0 Å². The molecule has 0 aromatic heterocycles. The average molecular weight is 200 g/mol. The van der Waals surface area contributed by atoms with Crippen molar-refractivity contribution >= 4 is 0 Å². The number of aliphatic hydroxyl groups excluding tert-OH is 2. The Morgan fingerprint density at radius 1 is 0.786 bits per heavy atom. The molecule has 2 unspecified atom stereocenters. The molecule has 1 saturated carbocycles. The Morgan fingerprint density at radius 2 is 1.07 bits per heavy atom. The van der Waals surface area contributed by atoms with E-state index >= 15 is 0 Å². The average Bonchev–Trinajstić information content (AvgIpc) is 2.01. The zero-order valence-electron chi connectivity index (χ0n) is 9.45. The van der Waals surface area contributed by atoms with Crippen molar-refractivity contribution in [2.75, 3.05) is 0 Å². The number of hydrogen-bond acceptors (Lipinski definition) is 2. The first kappa shape index (κ1) is 12.0. The summed E-state index contributed by atoms with van der Waals surface area (Å²) >= 11 is 0. The molecule has 0 spiro atoms. The van der Waals surface area contributed by atoms with Gasteiger partial charge in [0.05, 0.1) is 12.2 Å². The molecule has 1 fully saturated rings. The molecular weight excluding hydrogens is 176 g/mol. The number of rotatable bonds is 2. The van der Waals surface area contributed by atoms with Crippen LogP contribution >= 0.6 is 0 Å². The monoisotopic (exact) mass is 200 g/mol. The quantitative estimate of drug-likeness (QED) is 0.718. The molecule has 0 aromatic rings. The third kappa shape index (κ3) is 3.58. The van der Waals surface area contributed by atoms with Crippen LogP contribution in [0, 0.1) is 11.8 Å². The summed E-state index contributed by atoms with van der Waals surface area (Å²) in [7, 11) is 0. The minimum atomic E-state index is -0.155. The third-order valence-electron chi connectivity index (χ3n) is 3.66. The Kier molecular flexibility index (Phi) is 4.90. The molecule has 0 radical (unpaired) electrons. The fourth-order valence-electron chi connectivity index (χ4n) is 2.54. The van der Waals surface area contributed by atoms with Crippen LogP contribution in [-0.4, -0.2) is 22.4 Å². The summed E-state index contributed by atoms with van der Waals surface area (Å²) in [6, 6.07) is 0. The van der Waals surface area contributed by atoms with Crippen LogP contribution in [0.15, 0.2) is 0 Å². The zero-order chi connectivity index (χ0) is 10.6. The van der Waals surface area contributed by atoms with E-state index in [9.17, 15) is 10.2 Å². The second-order valence-corrected chi connectivity index (χ2v) is 4.86. The Bertz CT molecular complexity index is 128. The molecule has 0 heterocycles. The Labute approximate surface area is 87.3 Å². The van der Waals surface area contributed by atoms with E-state index in [1.54, 1.807) is 0 Å². The molecule has 1 aliphatic rings. The van der Waals surface area contributed by atoms with Gasteiger partial charge >= 0.3 is 0 Å². The molecular formula is C12H24O2. The Hall–Kier alpha value is -0.0800. The maximum atomic E-state index is 9.52. The highest BCUT2D eigenvalue weighted by atomic mass is 16.3. The molecule has 0 aliphatic heterocycles. The van der Waals surface area contributed by atoms with Gasteiger partial charge in [0.1, 0.15) is 0 Å². The van der Waals surface area contributed by atoms with Crippen molar-refractivity contribution in [3.05, 3.63) is 0 Å². The smallest absolute Gasteiger partial charge is 0.0540 e. The van der Waals surface area contributed by atoms with Gasteiger partial charge in [-0.2, -0.15) is 0 Å². The first-order valence-electron chi connectivity index (χ1n) is 5.97. The lowest BCUT2D eigenvalue weighted by molar-refractivity contribution is 0.0782. The van der Waals surface area contributed by atoms with Gasteiger partial charge in [0.25, 0.3) is 0 Å². The van der Waals surface area contributed by atoms with E-state index < -0.39 is 0 Å². The first-order valence-corrected chi connectivity index (χ1v) is 5.97. The summed E-state index contributed by atoms with van der Waals surface area (Å²) in [6.07, 6.45) is 6.51. The third-order valence-corrected chi connectivity index (χ3v) is 3.66. The van der Waals surface area contributed by atoms with Crippen molar-refractivity contribution in [1.82, 2.24) is 0 Å². The van der Waals surface area contributed by atoms with Gasteiger partial charge in [-0.3, -0.25) is 0 Å². The lowest BCUT2D eigenvalue weighted by Crippen LogP contribution is -2.23. The van der Waals surface area contributed by atoms with E-state index in [-0.39, 0.29) is 12.2 Å². The molecule has 0 aromatic carbocycles. The predicted molar refractivity (Wildman–Crippen MR) is 58.0 cm³/mol. The second-order valence-electron chi connectivity index (χ2n) is 4.86. The van der Waals surface area contributed by atoms with Crippen molar-refractivity contribution in [2.45, 2.75) is 64.6 Å². The molecule has 2 nitrogen and oxygen atoms in total. The van der Waals surface area contributed by atoms with Crippen LogP contribution in [0.25, 0.3) is 0 Å². The van der Waals surface area contributed by atoms with E-state index in [1.165, 1.54) is 0 Å². The van der Waals surface area contributed by atoms with Gasteiger partial charge in [-0.15, -0.1) is 0 Å². The maximum Gasteiger partial charge on any atom is 0.0540 e. The fourth-order valence-corrected chi connectivity index (χ4v) is 2.54. The minimum absolute atomic E-state index is 0.155. The number of hydrogen-bond donors (Lipinski definition) is 2. The topological polar surface area (TPSA) is 40.5 Å². The largest absolute Gasteiger partial charge is 0.393 e. The van der Waals surface area contributed by atoms with Crippen molar-refractivity contribution in [1.29, 1.82) is 0 Å². The van der Waals surface area contributed by atoms with Gasteiger partial charge in [-0.05, 0) is 51.4 Å². The molecule has 1 aliphatic carbocycles. The van der Waals surface area contributed by atoms with Gasteiger partial charge < -0.3 is 10.2 Å². The van der Waals surface area contributed by atoms with Crippen LogP contribution in [0.5, 0.6) is 0 Å². The lowest BCUT2D eigenvalue weighted by Gasteiger charge is -2.27. The van der Waals surface area contributed by atoms with Crippen molar-refractivity contribution in [2.24, 2.45) is 11.8 Å².